The monoisotopic (exact) mass is 465 g/mol. The van der Waals surface area contributed by atoms with E-state index in [1.807, 2.05) is 29.4 Å². The van der Waals surface area contributed by atoms with Gasteiger partial charge in [-0.25, -0.2) is 0 Å². The molecule has 2 aromatic rings. The Kier molecular flexibility index (Phi) is 6.98. The summed E-state index contributed by atoms with van der Waals surface area (Å²) in [7, 11) is 0. The van der Waals surface area contributed by atoms with Crippen molar-refractivity contribution in [3.63, 3.8) is 0 Å². The van der Waals surface area contributed by atoms with Crippen LogP contribution in [-0.2, 0) is 4.74 Å². The number of thioether (sulfide) groups is 1. The number of amides is 1. The molecule has 8 heteroatoms. The number of rotatable bonds is 4. The molecule has 2 saturated heterocycles. The molecule has 2 heterocycles. The molecule has 0 spiro atoms. The van der Waals surface area contributed by atoms with Gasteiger partial charge in [0.2, 0.25) is 0 Å². The molecule has 2 aliphatic rings. The van der Waals surface area contributed by atoms with Gasteiger partial charge >= 0.3 is 0 Å². The lowest BCUT2D eigenvalue weighted by molar-refractivity contribution is 0.0746. The molecule has 0 unspecified atom stereocenters. The predicted molar refractivity (Wildman–Crippen MR) is 126 cm³/mol. The molecule has 0 aromatic heterocycles. The van der Waals surface area contributed by atoms with Gasteiger partial charge < -0.3 is 19.4 Å². The standard InChI is InChI=1S/C22H25Cl2N3O2S/c1-30-19-2-3-21(26-8-10-29-11-9-26)20(15-19)22(28)27-6-4-25(5-7-27)18-13-16(23)12-17(24)14-18/h2-3,12-15H,4-11H2,1H3. The van der Waals surface area contributed by atoms with Crippen LogP contribution in [0.5, 0.6) is 0 Å². The summed E-state index contributed by atoms with van der Waals surface area (Å²) in [6.45, 7) is 5.82. The van der Waals surface area contributed by atoms with Gasteiger partial charge in [0.05, 0.1) is 18.8 Å². The SMILES string of the molecule is CSc1ccc(N2CCOCC2)c(C(=O)N2CCN(c3cc(Cl)cc(Cl)c3)CC2)c1. The number of benzene rings is 2. The van der Waals surface area contributed by atoms with E-state index in [2.05, 4.69) is 21.9 Å². The zero-order valence-corrected chi connectivity index (χ0v) is 19.3. The summed E-state index contributed by atoms with van der Waals surface area (Å²) < 4.78 is 5.49. The first-order chi connectivity index (χ1) is 14.5. The number of nitrogens with zero attached hydrogens (tertiary/aromatic N) is 3. The lowest BCUT2D eigenvalue weighted by Crippen LogP contribution is -2.49. The minimum Gasteiger partial charge on any atom is -0.378 e. The molecule has 0 saturated carbocycles. The highest BCUT2D eigenvalue weighted by Crippen LogP contribution is 2.30. The molecule has 2 aromatic carbocycles. The number of carbonyl (C=O) groups excluding carboxylic acids is 1. The second-order valence-corrected chi connectivity index (χ2v) is 9.14. The number of hydrogen-bond acceptors (Lipinski definition) is 5. The largest absolute Gasteiger partial charge is 0.378 e. The molecular weight excluding hydrogens is 441 g/mol. The van der Waals surface area contributed by atoms with Crippen LogP contribution in [0.1, 0.15) is 10.4 Å². The molecule has 2 aliphatic heterocycles. The molecule has 0 radical (unpaired) electrons. The van der Waals surface area contributed by atoms with E-state index in [-0.39, 0.29) is 5.91 Å². The van der Waals surface area contributed by atoms with Crippen LogP contribution in [0.15, 0.2) is 41.3 Å². The van der Waals surface area contributed by atoms with Crippen molar-refractivity contribution < 1.29 is 9.53 Å². The number of ether oxygens (including phenoxy) is 1. The predicted octanol–water partition coefficient (Wildman–Crippen LogP) is 4.51. The van der Waals surface area contributed by atoms with Crippen molar-refractivity contribution in [2.75, 3.05) is 68.5 Å². The average Bonchev–Trinajstić information content (AvgIpc) is 2.78. The van der Waals surface area contributed by atoms with E-state index >= 15 is 0 Å². The first-order valence-electron chi connectivity index (χ1n) is 10.1. The van der Waals surface area contributed by atoms with Gasteiger partial charge in [-0.2, -0.15) is 0 Å². The first kappa shape index (κ1) is 21.6. The third kappa shape index (κ3) is 4.83. The van der Waals surface area contributed by atoms with Crippen molar-refractivity contribution >= 4 is 52.2 Å². The number of piperazine rings is 1. The van der Waals surface area contributed by atoms with Crippen molar-refractivity contribution in [3.05, 3.63) is 52.0 Å². The minimum absolute atomic E-state index is 0.0937. The maximum absolute atomic E-state index is 13.5. The fourth-order valence-corrected chi connectivity index (χ4v) is 4.91. The third-order valence-corrected chi connectivity index (χ3v) is 6.73. The van der Waals surface area contributed by atoms with Crippen LogP contribution in [-0.4, -0.2) is 69.5 Å². The van der Waals surface area contributed by atoms with E-state index in [0.717, 1.165) is 48.0 Å². The van der Waals surface area contributed by atoms with Gasteiger partial charge in [-0.15, -0.1) is 11.8 Å². The van der Waals surface area contributed by atoms with Gasteiger partial charge in [-0.05, 0) is 42.7 Å². The Morgan fingerprint density at radius 2 is 1.57 bits per heavy atom. The summed E-state index contributed by atoms with van der Waals surface area (Å²) in [6.07, 6.45) is 2.03. The molecule has 2 fully saturated rings. The molecule has 4 rings (SSSR count). The van der Waals surface area contributed by atoms with E-state index < -0.39 is 0 Å². The Morgan fingerprint density at radius 3 is 2.20 bits per heavy atom. The second kappa shape index (κ2) is 9.69. The molecule has 0 bridgehead atoms. The lowest BCUT2D eigenvalue weighted by atomic mass is 10.1. The Balaban J connectivity index is 1.51. The number of halogens is 2. The molecular formula is C22H25Cl2N3O2S. The zero-order chi connectivity index (χ0) is 21.1. The van der Waals surface area contributed by atoms with Crippen LogP contribution < -0.4 is 9.80 Å². The topological polar surface area (TPSA) is 36.0 Å². The molecule has 0 N–H and O–H groups in total. The van der Waals surface area contributed by atoms with E-state index in [1.54, 1.807) is 17.8 Å². The van der Waals surface area contributed by atoms with E-state index in [0.29, 0.717) is 36.3 Å². The van der Waals surface area contributed by atoms with Gasteiger partial charge in [0.1, 0.15) is 0 Å². The summed E-state index contributed by atoms with van der Waals surface area (Å²) in [5.41, 5.74) is 2.78. The average molecular weight is 466 g/mol. The molecule has 30 heavy (non-hydrogen) atoms. The Labute approximate surface area is 191 Å². The molecule has 1 amide bonds. The highest BCUT2D eigenvalue weighted by molar-refractivity contribution is 7.98. The van der Waals surface area contributed by atoms with E-state index in [9.17, 15) is 4.79 Å². The summed E-state index contributed by atoms with van der Waals surface area (Å²) in [4.78, 5) is 21.0. The number of carbonyl (C=O) groups is 1. The van der Waals surface area contributed by atoms with Crippen molar-refractivity contribution in [3.8, 4) is 0 Å². The Bertz CT molecular complexity index is 893. The van der Waals surface area contributed by atoms with Gasteiger partial charge in [0.15, 0.2) is 0 Å². The molecule has 5 nitrogen and oxygen atoms in total. The number of morpholine rings is 1. The van der Waals surface area contributed by atoms with Crippen molar-refractivity contribution in [2.45, 2.75) is 4.90 Å². The molecule has 160 valence electrons. The van der Waals surface area contributed by atoms with Crippen LogP contribution in [0.4, 0.5) is 11.4 Å². The van der Waals surface area contributed by atoms with Crippen LogP contribution in [0.25, 0.3) is 0 Å². The number of hydrogen-bond donors (Lipinski definition) is 0. The third-order valence-electron chi connectivity index (χ3n) is 5.57. The summed E-state index contributed by atoms with van der Waals surface area (Å²) >= 11 is 14.0. The summed E-state index contributed by atoms with van der Waals surface area (Å²) in [5.74, 6) is 0.0937. The second-order valence-electron chi connectivity index (χ2n) is 7.39. The number of anilines is 2. The van der Waals surface area contributed by atoms with Crippen molar-refractivity contribution in [1.29, 1.82) is 0 Å². The minimum atomic E-state index is 0.0937. The summed E-state index contributed by atoms with van der Waals surface area (Å²) in [6, 6.07) is 11.8. The van der Waals surface area contributed by atoms with Gasteiger partial charge in [-0.3, -0.25) is 4.79 Å². The van der Waals surface area contributed by atoms with Gasteiger partial charge in [-0.1, -0.05) is 23.2 Å². The smallest absolute Gasteiger partial charge is 0.256 e. The fraction of sp³-hybridized carbons (Fsp3) is 0.409. The maximum atomic E-state index is 13.5. The Hall–Kier alpha value is -1.60. The molecule has 0 atom stereocenters. The highest BCUT2D eigenvalue weighted by Gasteiger charge is 2.26. The molecule has 0 aliphatic carbocycles. The highest BCUT2D eigenvalue weighted by atomic mass is 35.5. The van der Waals surface area contributed by atoms with Crippen molar-refractivity contribution in [2.24, 2.45) is 0 Å². The summed E-state index contributed by atoms with van der Waals surface area (Å²) in [5, 5.41) is 1.25. The van der Waals surface area contributed by atoms with Crippen LogP contribution >= 0.6 is 35.0 Å². The maximum Gasteiger partial charge on any atom is 0.256 e. The van der Waals surface area contributed by atoms with Crippen LogP contribution in [0.3, 0.4) is 0 Å². The fourth-order valence-electron chi connectivity index (χ4n) is 3.95. The quantitative estimate of drug-likeness (QED) is 0.620. The van der Waals surface area contributed by atoms with Gasteiger partial charge in [0, 0.05) is 65.6 Å². The van der Waals surface area contributed by atoms with E-state index in [4.69, 9.17) is 27.9 Å². The zero-order valence-electron chi connectivity index (χ0n) is 16.9. The van der Waals surface area contributed by atoms with Crippen molar-refractivity contribution in [1.82, 2.24) is 4.90 Å². The Morgan fingerprint density at radius 1 is 0.900 bits per heavy atom. The normalized spacial score (nSPS) is 17.4. The van der Waals surface area contributed by atoms with Gasteiger partial charge in [0.25, 0.3) is 5.91 Å². The van der Waals surface area contributed by atoms with Crippen LogP contribution in [0.2, 0.25) is 10.0 Å². The van der Waals surface area contributed by atoms with Crippen LogP contribution in [0, 0.1) is 0 Å². The van der Waals surface area contributed by atoms with E-state index in [1.165, 1.54) is 0 Å². The lowest BCUT2D eigenvalue weighted by Gasteiger charge is -2.37. The first-order valence-corrected chi connectivity index (χ1v) is 12.0.